The summed E-state index contributed by atoms with van der Waals surface area (Å²) < 4.78 is 27.9. The summed E-state index contributed by atoms with van der Waals surface area (Å²) in [5, 5.41) is 16.2. The molecule has 3 aromatic rings. The van der Waals surface area contributed by atoms with Gasteiger partial charge in [-0.25, -0.2) is 13.6 Å². The van der Waals surface area contributed by atoms with Crippen molar-refractivity contribution in [2.24, 2.45) is 0 Å². The summed E-state index contributed by atoms with van der Waals surface area (Å²) in [6.07, 6.45) is -0.671. The number of urea groups is 1. The molecule has 0 saturated heterocycles. The summed E-state index contributed by atoms with van der Waals surface area (Å²) in [6, 6.07) is 13.7. The van der Waals surface area contributed by atoms with E-state index in [0.717, 1.165) is 23.4 Å². The lowest BCUT2D eigenvalue weighted by atomic mass is 9.69. The number of nitrogens with one attached hydrogen (secondary N) is 2. The number of rotatable bonds is 3. The molecule has 0 spiro atoms. The number of nitrogens with zero attached hydrogens (tertiary/aromatic N) is 1. The van der Waals surface area contributed by atoms with Gasteiger partial charge in [0.2, 0.25) is 0 Å². The van der Waals surface area contributed by atoms with Gasteiger partial charge in [-0.3, -0.25) is 4.98 Å². The molecule has 1 heterocycles. The second-order valence-electron chi connectivity index (χ2n) is 8.80. The van der Waals surface area contributed by atoms with Gasteiger partial charge >= 0.3 is 6.03 Å². The van der Waals surface area contributed by atoms with Crippen LogP contribution in [0.3, 0.4) is 0 Å². The van der Waals surface area contributed by atoms with Gasteiger partial charge in [-0.15, -0.1) is 0 Å². The number of amides is 2. The van der Waals surface area contributed by atoms with E-state index in [1.807, 2.05) is 51.1 Å². The summed E-state index contributed by atoms with van der Waals surface area (Å²) in [7, 11) is 0. The Morgan fingerprint density at radius 3 is 2.50 bits per heavy atom. The molecular weight excluding hydrogens is 412 g/mol. The van der Waals surface area contributed by atoms with E-state index in [-0.39, 0.29) is 6.42 Å². The maximum atomic E-state index is 14.0. The number of aliphatic hydroxyl groups excluding tert-OH is 1. The largest absolute Gasteiger partial charge is 0.391 e. The van der Waals surface area contributed by atoms with Crippen molar-refractivity contribution in [3.8, 4) is 11.3 Å². The topological polar surface area (TPSA) is 74.2 Å². The third-order valence-electron chi connectivity index (χ3n) is 5.88. The Balaban J connectivity index is 1.63. The first-order valence-electron chi connectivity index (χ1n) is 10.4. The summed E-state index contributed by atoms with van der Waals surface area (Å²) in [5.74, 6) is -1.97. The van der Waals surface area contributed by atoms with Crippen molar-refractivity contribution in [1.82, 2.24) is 10.3 Å². The van der Waals surface area contributed by atoms with Gasteiger partial charge in [0, 0.05) is 11.3 Å². The van der Waals surface area contributed by atoms with Crippen molar-refractivity contribution in [2.45, 2.75) is 44.8 Å². The maximum Gasteiger partial charge on any atom is 0.319 e. The predicted molar refractivity (Wildman–Crippen MR) is 119 cm³/mol. The Kier molecular flexibility index (Phi) is 5.69. The average Bonchev–Trinajstić information content (AvgIpc) is 2.74. The number of fused-ring (bicyclic) bond motifs is 1. The minimum Gasteiger partial charge on any atom is -0.391 e. The highest BCUT2D eigenvalue weighted by Gasteiger charge is 2.40. The van der Waals surface area contributed by atoms with Gasteiger partial charge < -0.3 is 15.7 Å². The molecule has 166 valence electrons. The van der Waals surface area contributed by atoms with Crippen LogP contribution in [0.1, 0.15) is 43.1 Å². The molecule has 2 aromatic carbocycles. The quantitative estimate of drug-likeness (QED) is 0.525. The fourth-order valence-corrected chi connectivity index (χ4v) is 4.31. The second kappa shape index (κ2) is 8.31. The Hall–Kier alpha value is -3.32. The lowest BCUT2D eigenvalue weighted by Crippen LogP contribution is -2.45. The zero-order chi connectivity index (χ0) is 23.0. The number of aliphatic hydroxyl groups is 1. The van der Waals surface area contributed by atoms with Crippen LogP contribution in [0.2, 0.25) is 0 Å². The van der Waals surface area contributed by atoms with Crippen LogP contribution < -0.4 is 10.6 Å². The van der Waals surface area contributed by atoms with Crippen LogP contribution in [-0.2, 0) is 5.41 Å². The zero-order valence-corrected chi connectivity index (χ0v) is 18.1. The van der Waals surface area contributed by atoms with E-state index >= 15 is 0 Å². The Morgan fingerprint density at radius 1 is 1.09 bits per heavy atom. The molecule has 1 aliphatic rings. The van der Waals surface area contributed by atoms with Gasteiger partial charge in [-0.05, 0) is 54.2 Å². The fourth-order valence-electron chi connectivity index (χ4n) is 4.31. The molecule has 3 N–H and O–H groups in total. The van der Waals surface area contributed by atoms with Gasteiger partial charge in [0.05, 0.1) is 23.5 Å². The lowest BCUT2D eigenvalue weighted by molar-refractivity contribution is 0.0878. The van der Waals surface area contributed by atoms with E-state index in [1.165, 1.54) is 0 Å². The summed E-state index contributed by atoms with van der Waals surface area (Å²) >= 11 is 0. The standard InChI is InChI=1S/C25H25F2N3O2/c1-14-9-10-20(22(28-14)15-7-5-4-6-8-15)29-24(32)30-23-16-11-18(26)19(27)12-17(16)25(2,3)13-21(23)31/h4-12,21,23,31H,13H2,1-3H3,(H2,29,30,32)/t21-,23?/m1/s1. The van der Waals surface area contributed by atoms with E-state index in [1.54, 1.807) is 12.1 Å². The van der Waals surface area contributed by atoms with Crippen molar-refractivity contribution in [1.29, 1.82) is 0 Å². The number of halogens is 2. The molecule has 0 bridgehead atoms. The van der Waals surface area contributed by atoms with Crippen LogP contribution >= 0.6 is 0 Å². The van der Waals surface area contributed by atoms with Crippen molar-refractivity contribution in [3.05, 3.63) is 83.1 Å². The minimum absolute atomic E-state index is 0.289. The van der Waals surface area contributed by atoms with Crippen molar-refractivity contribution in [2.75, 3.05) is 5.32 Å². The van der Waals surface area contributed by atoms with Gasteiger partial charge in [-0.1, -0.05) is 44.2 Å². The molecule has 4 rings (SSSR count). The highest BCUT2D eigenvalue weighted by Crippen LogP contribution is 2.42. The number of pyridine rings is 1. The number of anilines is 1. The fraction of sp³-hybridized carbons (Fsp3) is 0.280. The third-order valence-corrected chi connectivity index (χ3v) is 5.88. The highest BCUT2D eigenvalue weighted by atomic mass is 19.2. The number of carbonyl (C=O) groups is 1. The normalized spacial score (nSPS) is 19.2. The number of hydrogen-bond acceptors (Lipinski definition) is 3. The molecule has 0 aliphatic heterocycles. The van der Waals surface area contributed by atoms with Gasteiger partial charge in [0.15, 0.2) is 11.6 Å². The summed E-state index contributed by atoms with van der Waals surface area (Å²) in [5.41, 5.74) is 3.11. The van der Waals surface area contributed by atoms with Crippen LogP contribution in [0.25, 0.3) is 11.3 Å². The molecule has 1 unspecified atom stereocenters. The Bertz CT molecular complexity index is 1170. The Labute approximate surface area is 185 Å². The van der Waals surface area contributed by atoms with E-state index in [0.29, 0.717) is 22.5 Å². The van der Waals surface area contributed by atoms with Crippen LogP contribution in [0, 0.1) is 18.6 Å². The molecule has 5 nitrogen and oxygen atoms in total. The number of aromatic nitrogens is 1. The molecule has 32 heavy (non-hydrogen) atoms. The molecular formula is C25H25F2N3O2. The van der Waals surface area contributed by atoms with Gasteiger partial charge in [0.1, 0.15) is 0 Å². The highest BCUT2D eigenvalue weighted by molar-refractivity contribution is 5.93. The number of aryl methyl sites for hydroxylation is 1. The van der Waals surface area contributed by atoms with Gasteiger partial charge in [-0.2, -0.15) is 0 Å². The van der Waals surface area contributed by atoms with Gasteiger partial charge in [0.25, 0.3) is 0 Å². The summed E-state index contributed by atoms with van der Waals surface area (Å²) in [4.78, 5) is 17.4. The Morgan fingerprint density at radius 2 is 1.78 bits per heavy atom. The van der Waals surface area contributed by atoms with Crippen LogP contribution in [0.5, 0.6) is 0 Å². The average molecular weight is 437 g/mol. The minimum atomic E-state index is -1.02. The number of carbonyl (C=O) groups excluding carboxylic acids is 1. The summed E-state index contributed by atoms with van der Waals surface area (Å²) in [6.45, 7) is 5.57. The van der Waals surface area contributed by atoms with E-state index < -0.39 is 35.2 Å². The zero-order valence-electron chi connectivity index (χ0n) is 18.1. The molecule has 1 aliphatic carbocycles. The molecule has 2 amide bonds. The first kappa shape index (κ1) is 21.9. The predicted octanol–water partition coefficient (Wildman–Crippen LogP) is 5.24. The number of benzene rings is 2. The molecule has 0 radical (unpaired) electrons. The molecule has 0 fully saturated rings. The van der Waals surface area contributed by atoms with Crippen LogP contribution in [0.4, 0.5) is 19.3 Å². The third kappa shape index (κ3) is 4.21. The second-order valence-corrected chi connectivity index (χ2v) is 8.80. The molecule has 2 atom stereocenters. The SMILES string of the molecule is Cc1ccc(NC(=O)NC2c3cc(F)c(F)cc3C(C)(C)C[C@H]2O)c(-c2ccccc2)n1. The monoisotopic (exact) mass is 437 g/mol. The first-order valence-corrected chi connectivity index (χ1v) is 10.4. The first-order chi connectivity index (χ1) is 15.2. The van der Waals surface area contributed by atoms with E-state index in [9.17, 15) is 18.7 Å². The van der Waals surface area contributed by atoms with Crippen molar-refractivity contribution in [3.63, 3.8) is 0 Å². The smallest absolute Gasteiger partial charge is 0.319 e. The van der Waals surface area contributed by atoms with E-state index in [2.05, 4.69) is 15.6 Å². The maximum absolute atomic E-state index is 14.0. The van der Waals surface area contributed by atoms with E-state index in [4.69, 9.17) is 0 Å². The molecule has 1 aromatic heterocycles. The van der Waals surface area contributed by atoms with Crippen LogP contribution in [-0.4, -0.2) is 22.2 Å². The van der Waals surface area contributed by atoms with Crippen molar-refractivity contribution >= 4 is 11.7 Å². The van der Waals surface area contributed by atoms with Crippen molar-refractivity contribution < 1.29 is 18.7 Å². The lowest BCUT2D eigenvalue weighted by Gasteiger charge is -2.40. The van der Waals surface area contributed by atoms with Crippen LogP contribution in [0.15, 0.2) is 54.6 Å². The molecule has 0 saturated carbocycles. The molecule has 7 heteroatoms. The number of hydrogen-bond donors (Lipinski definition) is 3.